The van der Waals surface area contributed by atoms with E-state index in [0.29, 0.717) is 28.6 Å². The van der Waals surface area contributed by atoms with Crippen molar-refractivity contribution in [2.24, 2.45) is 0 Å². The SMILES string of the molecule is COc1cc(C(=O)NC(c2ccccc2)c2ccco2)cc(OC)c1OC. The zero-order chi connectivity index (χ0) is 19.2. The van der Waals surface area contributed by atoms with Gasteiger partial charge in [-0.15, -0.1) is 0 Å². The predicted octanol–water partition coefficient (Wildman–Crippen LogP) is 3.82. The normalized spacial score (nSPS) is 11.5. The molecular formula is C21H21NO5. The highest BCUT2D eigenvalue weighted by Gasteiger charge is 2.22. The van der Waals surface area contributed by atoms with E-state index < -0.39 is 6.04 Å². The fourth-order valence-electron chi connectivity index (χ4n) is 2.85. The molecule has 0 bridgehead atoms. The van der Waals surface area contributed by atoms with E-state index in [2.05, 4.69) is 5.32 Å². The first-order valence-corrected chi connectivity index (χ1v) is 8.37. The van der Waals surface area contributed by atoms with E-state index >= 15 is 0 Å². The van der Waals surface area contributed by atoms with E-state index in [9.17, 15) is 4.79 Å². The molecule has 2 aromatic carbocycles. The van der Waals surface area contributed by atoms with Crippen molar-refractivity contribution in [1.82, 2.24) is 5.32 Å². The van der Waals surface area contributed by atoms with Crippen LogP contribution in [0.2, 0.25) is 0 Å². The van der Waals surface area contributed by atoms with Gasteiger partial charge in [-0.3, -0.25) is 4.79 Å². The maximum absolute atomic E-state index is 13.0. The van der Waals surface area contributed by atoms with Crippen molar-refractivity contribution in [2.45, 2.75) is 6.04 Å². The van der Waals surface area contributed by atoms with Gasteiger partial charge in [0.05, 0.1) is 27.6 Å². The van der Waals surface area contributed by atoms with Crippen LogP contribution < -0.4 is 19.5 Å². The molecular weight excluding hydrogens is 346 g/mol. The van der Waals surface area contributed by atoms with E-state index in [-0.39, 0.29) is 5.91 Å². The van der Waals surface area contributed by atoms with Gasteiger partial charge in [-0.05, 0) is 29.8 Å². The van der Waals surface area contributed by atoms with Gasteiger partial charge in [-0.25, -0.2) is 0 Å². The van der Waals surface area contributed by atoms with Gasteiger partial charge in [0, 0.05) is 5.56 Å². The Balaban J connectivity index is 1.95. The van der Waals surface area contributed by atoms with Gasteiger partial charge in [0.2, 0.25) is 5.75 Å². The number of nitrogens with one attached hydrogen (secondary N) is 1. The van der Waals surface area contributed by atoms with Crippen LogP contribution >= 0.6 is 0 Å². The number of hydrogen-bond acceptors (Lipinski definition) is 5. The van der Waals surface area contributed by atoms with Gasteiger partial charge in [-0.2, -0.15) is 0 Å². The number of carbonyl (C=O) groups excluding carboxylic acids is 1. The molecule has 6 heteroatoms. The van der Waals surface area contributed by atoms with Crippen LogP contribution in [0.4, 0.5) is 0 Å². The number of furan rings is 1. The third-order valence-electron chi connectivity index (χ3n) is 4.16. The van der Waals surface area contributed by atoms with Crippen molar-refractivity contribution in [2.75, 3.05) is 21.3 Å². The molecule has 1 amide bonds. The molecule has 1 heterocycles. The number of hydrogen-bond donors (Lipinski definition) is 1. The molecule has 3 rings (SSSR count). The summed E-state index contributed by atoms with van der Waals surface area (Å²) < 4.78 is 21.5. The Hall–Kier alpha value is -3.41. The number of benzene rings is 2. The summed E-state index contributed by atoms with van der Waals surface area (Å²) in [7, 11) is 4.53. The molecule has 0 radical (unpaired) electrons. The molecule has 1 atom stereocenters. The third-order valence-corrected chi connectivity index (χ3v) is 4.16. The predicted molar refractivity (Wildman–Crippen MR) is 101 cm³/mol. The number of methoxy groups -OCH3 is 3. The molecule has 140 valence electrons. The van der Waals surface area contributed by atoms with E-state index in [1.54, 1.807) is 24.5 Å². The molecule has 0 aliphatic rings. The van der Waals surface area contributed by atoms with E-state index in [0.717, 1.165) is 5.56 Å². The van der Waals surface area contributed by atoms with Gasteiger partial charge in [0.25, 0.3) is 5.91 Å². The minimum absolute atomic E-state index is 0.292. The minimum atomic E-state index is -0.423. The van der Waals surface area contributed by atoms with E-state index in [1.165, 1.54) is 21.3 Å². The Kier molecular flexibility index (Phi) is 5.66. The van der Waals surface area contributed by atoms with Crippen LogP contribution in [0, 0.1) is 0 Å². The maximum Gasteiger partial charge on any atom is 0.252 e. The van der Waals surface area contributed by atoms with Crippen molar-refractivity contribution in [3.8, 4) is 17.2 Å². The summed E-state index contributed by atoms with van der Waals surface area (Å²) in [4.78, 5) is 13.0. The number of carbonyl (C=O) groups is 1. The van der Waals surface area contributed by atoms with Crippen molar-refractivity contribution < 1.29 is 23.4 Å². The van der Waals surface area contributed by atoms with Crippen molar-refractivity contribution in [1.29, 1.82) is 0 Å². The lowest BCUT2D eigenvalue weighted by Gasteiger charge is -2.18. The van der Waals surface area contributed by atoms with Gasteiger partial charge < -0.3 is 23.9 Å². The lowest BCUT2D eigenvalue weighted by molar-refractivity contribution is 0.0938. The molecule has 0 spiro atoms. The molecule has 0 fully saturated rings. The first-order valence-electron chi connectivity index (χ1n) is 8.37. The van der Waals surface area contributed by atoms with Crippen LogP contribution in [-0.4, -0.2) is 27.2 Å². The summed E-state index contributed by atoms with van der Waals surface area (Å²) in [6.45, 7) is 0. The zero-order valence-electron chi connectivity index (χ0n) is 15.4. The van der Waals surface area contributed by atoms with Crippen LogP contribution in [0.3, 0.4) is 0 Å². The second-order valence-corrected chi connectivity index (χ2v) is 5.75. The second kappa shape index (κ2) is 8.31. The Labute approximate surface area is 157 Å². The Bertz CT molecular complexity index is 865. The first kappa shape index (κ1) is 18.4. The summed E-state index contributed by atoms with van der Waals surface area (Å²) in [5.74, 6) is 1.61. The summed E-state index contributed by atoms with van der Waals surface area (Å²) >= 11 is 0. The molecule has 1 aromatic heterocycles. The molecule has 27 heavy (non-hydrogen) atoms. The van der Waals surface area contributed by atoms with Crippen LogP contribution in [-0.2, 0) is 0 Å². The summed E-state index contributed by atoms with van der Waals surface area (Å²) in [5.41, 5.74) is 1.30. The summed E-state index contributed by atoms with van der Waals surface area (Å²) in [6, 6.07) is 16.0. The fraction of sp³-hybridized carbons (Fsp3) is 0.190. The monoisotopic (exact) mass is 367 g/mol. The number of ether oxygens (including phenoxy) is 3. The van der Waals surface area contributed by atoms with Crippen LogP contribution in [0.1, 0.15) is 27.7 Å². The molecule has 6 nitrogen and oxygen atoms in total. The third kappa shape index (κ3) is 3.89. The summed E-state index contributed by atoms with van der Waals surface area (Å²) in [5, 5.41) is 3.01. The Morgan fingerprint density at radius 2 is 1.59 bits per heavy atom. The average Bonchev–Trinajstić information content (AvgIpc) is 3.25. The molecule has 0 saturated carbocycles. The van der Waals surface area contributed by atoms with Crippen LogP contribution in [0.15, 0.2) is 65.3 Å². The molecule has 0 aliphatic carbocycles. The summed E-state index contributed by atoms with van der Waals surface area (Å²) in [6.07, 6.45) is 1.58. The lowest BCUT2D eigenvalue weighted by atomic mass is 10.0. The number of amides is 1. The average molecular weight is 367 g/mol. The smallest absolute Gasteiger partial charge is 0.252 e. The topological polar surface area (TPSA) is 69.9 Å². The molecule has 1 N–H and O–H groups in total. The van der Waals surface area contributed by atoms with Crippen molar-refractivity contribution >= 4 is 5.91 Å². The van der Waals surface area contributed by atoms with Gasteiger partial charge in [0.1, 0.15) is 11.8 Å². The minimum Gasteiger partial charge on any atom is -0.493 e. The Morgan fingerprint density at radius 3 is 2.11 bits per heavy atom. The standard InChI is InChI=1S/C21H21NO5/c1-24-17-12-15(13-18(25-2)20(17)26-3)21(23)22-19(16-10-7-11-27-16)14-8-5-4-6-9-14/h4-13,19H,1-3H3,(H,22,23). The Morgan fingerprint density at radius 1 is 0.926 bits per heavy atom. The molecule has 1 unspecified atom stereocenters. The van der Waals surface area contributed by atoms with Gasteiger partial charge in [-0.1, -0.05) is 30.3 Å². The van der Waals surface area contributed by atoms with Crippen LogP contribution in [0.25, 0.3) is 0 Å². The quantitative estimate of drug-likeness (QED) is 0.687. The molecule has 3 aromatic rings. The zero-order valence-corrected chi connectivity index (χ0v) is 15.4. The van der Waals surface area contributed by atoms with E-state index in [1.807, 2.05) is 36.4 Å². The maximum atomic E-state index is 13.0. The largest absolute Gasteiger partial charge is 0.493 e. The van der Waals surface area contributed by atoms with E-state index in [4.69, 9.17) is 18.6 Å². The first-order chi connectivity index (χ1) is 13.2. The van der Waals surface area contributed by atoms with Gasteiger partial charge >= 0.3 is 0 Å². The molecule has 0 saturated heterocycles. The van der Waals surface area contributed by atoms with Crippen molar-refractivity contribution in [3.05, 3.63) is 77.7 Å². The number of rotatable bonds is 7. The van der Waals surface area contributed by atoms with Crippen LogP contribution in [0.5, 0.6) is 17.2 Å². The second-order valence-electron chi connectivity index (χ2n) is 5.75. The highest BCUT2D eigenvalue weighted by Crippen LogP contribution is 2.38. The van der Waals surface area contributed by atoms with Gasteiger partial charge in [0.15, 0.2) is 11.5 Å². The van der Waals surface area contributed by atoms with Crippen molar-refractivity contribution in [3.63, 3.8) is 0 Å². The highest BCUT2D eigenvalue weighted by molar-refractivity contribution is 5.96. The highest BCUT2D eigenvalue weighted by atomic mass is 16.5. The lowest BCUT2D eigenvalue weighted by Crippen LogP contribution is -2.29. The molecule has 0 aliphatic heterocycles. The fourth-order valence-corrected chi connectivity index (χ4v) is 2.85.